The average Bonchev–Trinajstić information content (AvgIpc) is 2.37. The van der Waals surface area contributed by atoms with Crippen molar-refractivity contribution in [1.29, 1.82) is 5.26 Å². The van der Waals surface area contributed by atoms with Crippen LogP contribution in [0.3, 0.4) is 0 Å². The third-order valence-corrected chi connectivity index (χ3v) is 3.77. The van der Waals surface area contributed by atoms with E-state index in [1.807, 2.05) is 25.1 Å². The van der Waals surface area contributed by atoms with Crippen LogP contribution in [0, 0.1) is 17.2 Å². The highest BCUT2D eigenvalue weighted by Crippen LogP contribution is 2.47. The smallest absolute Gasteiger partial charge is 0.240 e. The van der Waals surface area contributed by atoms with Crippen LogP contribution in [-0.4, -0.2) is 18.7 Å². The van der Waals surface area contributed by atoms with Gasteiger partial charge in [0.05, 0.1) is 13.2 Å². The highest BCUT2D eigenvalue weighted by molar-refractivity contribution is 5.84. The van der Waals surface area contributed by atoms with Crippen LogP contribution in [0.1, 0.15) is 24.8 Å². The van der Waals surface area contributed by atoms with Gasteiger partial charge in [0.2, 0.25) is 5.91 Å². The Labute approximate surface area is 111 Å². The third-order valence-electron chi connectivity index (χ3n) is 3.77. The van der Waals surface area contributed by atoms with Gasteiger partial charge in [0.1, 0.15) is 17.4 Å². The number of nitriles is 1. The van der Waals surface area contributed by atoms with Gasteiger partial charge in [0.25, 0.3) is 0 Å². The Hall–Kier alpha value is -2.22. The number of nitrogens with one attached hydrogen (secondary N) is 1. The number of hydrogen-bond acceptors (Lipinski definition) is 4. The summed E-state index contributed by atoms with van der Waals surface area (Å²) >= 11 is 0. The summed E-state index contributed by atoms with van der Waals surface area (Å²) in [4.78, 5) is 12.0. The van der Waals surface area contributed by atoms with Crippen LogP contribution in [0.5, 0.6) is 11.5 Å². The molecule has 1 fully saturated rings. The second-order valence-electron chi connectivity index (χ2n) is 5.14. The molecule has 1 saturated heterocycles. The minimum atomic E-state index is -0.726. The van der Waals surface area contributed by atoms with Crippen LogP contribution < -0.4 is 14.8 Å². The summed E-state index contributed by atoms with van der Waals surface area (Å²) in [5.41, 5.74) is 0.148. The van der Waals surface area contributed by atoms with Gasteiger partial charge in [-0.05, 0) is 25.1 Å². The maximum atomic E-state index is 12.0. The lowest BCUT2D eigenvalue weighted by Gasteiger charge is -2.45. The molecule has 3 rings (SSSR count). The first-order valence-electron chi connectivity index (χ1n) is 6.15. The number of hydrogen-bond donors (Lipinski definition) is 1. The zero-order valence-corrected chi connectivity index (χ0v) is 10.8. The van der Waals surface area contributed by atoms with E-state index in [1.54, 1.807) is 7.11 Å². The second-order valence-corrected chi connectivity index (χ2v) is 5.14. The molecule has 0 spiro atoms. The van der Waals surface area contributed by atoms with E-state index in [-0.39, 0.29) is 11.8 Å². The van der Waals surface area contributed by atoms with Gasteiger partial charge in [-0.25, -0.2) is 0 Å². The van der Waals surface area contributed by atoms with E-state index < -0.39 is 11.6 Å². The highest BCUT2D eigenvalue weighted by Gasteiger charge is 2.49. The normalized spacial score (nSPS) is 31.5. The fourth-order valence-corrected chi connectivity index (χ4v) is 2.89. The van der Waals surface area contributed by atoms with Gasteiger partial charge in [0.15, 0.2) is 5.72 Å². The summed E-state index contributed by atoms with van der Waals surface area (Å²) in [5, 5.41) is 12.0. The fraction of sp³-hybridized carbons (Fsp3) is 0.429. The number of benzene rings is 1. The maximum Gasteiger partial charge on any atom is 0.240 e. The highest BCUT2D eigenvalue weighted by atomic mass is 16.5. The topological polar surface area (TPSA) is 71.3 Å². The van der Waals surface area contributed by atoms with Crippen molar-refractivity contribution in [2.75, 3.05) is 7.11 Å². The Balaban J connectivity index is 2.13. The molecular weight excluding hydrogens is 244 g/mol. The Morgan fingerprint density at radius 1 is 1.58 bits per heavy atom. The predicted molar refractivity (Wildman–Crippen MR) is 66.6 cm³/mol. The van der Waals surface area contributed by atoms with Gasteiger partial charge in [-0.2, -0.15) is 5.26 Å². The van der Waals surface area contributed by atoms with Crippen molar-refractivity contribution >= 4 is 5.91 Å². The molecule has 98 valence electrons. The molecule has 2 aliphatic rings. The van der Waals surface area contributed by atoms with Crippen molar-refractivity contribution in [1.82, 2.24) is 5.32 Å². The van der Waals surface area contributed by atoms with E-state index in [0.29, 0.717) is 17.9 Å². The average molecular weight is 258 g/mol. The molecule has 0 aliphatic carbocycles. The van der Waals surface area contributed by atoms with Crippen LogP contribution in [-0.2, 0) is 4.79 Å². The van der Waals surface area contributed by atoms with Crippen molar-refractivity contribution < 1.29 is 14.3 Å². The van der Waals surface area contributed by atoms with Crippen LogP contribution in [0.25, 0.3) is 0 Å². The van der Waals surface area contributed by atoms with Crippen molar-refractivity contribution in [3.8, 4) is 17.6 Å². The molecule has 2 bridgehead atoms. The van der Waals surface area contributed by atoms with Crippen LogP contribution in [0.15, 0.2) is 18.2 Å². The SMILES string of the molecule is COc1ccc2c(c1)C1CC(C)(NC(=O)C1C#N)O2. The molecule has 5 nitrogen and oxygen atoms in total. The molecule has 1 N–H and O–H groups in total. The van der Waals surface area contributed by atoms with Crippen molar-refractivity contribution in [3.05, 3.63) is 23.8 Å². The minimum absolute atomic E-state index is 0.150. The van der Waals surface area contributed by atoms with Gasteiger partial charge in [0, 0.05) is 17.9 Å². The van der Waals surface area contributed by atoms with Gasteiger partial charge in [-0.3, -0.25) is 4.79 Å². The van der Waals surface area contributed by atoms with E-state index in [0.717, 1.165) is 5.56 Å². The first-order chi connectivity index (χ1) is 9.06. The van der Waals surface area contributed by atoms with Gasteiger partial charge in [-0.15, -0.1) is 0 Å². The number of methoxy groups -OCH3 is 1. The van der Waals surface area contributed by atoms with E-state index in [1.165, 1.54) is 0 Å². The largest absolute Gasteiger partial charge is 0.497 e. The summed E-state index contributed by atoms with van der Waals surface area (Å²) in [6.45, 7) is 1.83. The van der Waals surface area contributed by atoms with Crippen LogP contribution >= 0.6 is 0 Å². The number of amides is 1. The van der Waals surface area contributed by atoms with E-state index in [9.17, 15) is 10.1 Å². The monoisotopic (exact) mass is 258 g/mol. The van der Waals surface area contributed by atoms with Crippen LogP contribution in [0.2, 0.25) is 0 Å². The Morgan fingerprint density at radius 2 is 2.37 bits per heavy atom. The standard InChI is InChI=1S/C14H14N2O3/c1-14-6-10(11(7-15)13(17)16-14)9-5-8(18-2)3-4-12(9)19-14/h3-5,10-11H,6H2,1-2H3,(H,16,17). The molecule has 0 saturated carbocycles. The number of carbonyl (C=O) groups is 1. The number of piperidine rings is 1. The minimum Gasteiger partial charge on any atom is -0.497 e. The van der Waals surface area contributed by atoms with Crippen molar-refractivity contribution in [2.45, 2.75) is 25.0 Å². The lowest BCUT2D eigenvalue weighted by Crippen LogP contribution is -2.60. The predicted octanol–water partition coefficient (Wildman–Crippen LogP) is 1.55. The summed E-state index contributed by atoms with van der Waals surface area (Å²) in [6.07, 6.45) is 0.594. The second kappa shape index (κ2) is 3.89. The molecule has 0 aromatic heterocycles. The molecular formula is C14H14N2O3. The Bertz CT molecular complexity index is 593. The zero-order chi connectivity index (χ0) is 13.6. The molecule has 19 heavy (non-hydrogen) atoms. The molecule has 3 unspecified atom stereocenters. The van der Waals surface area contributed by atoms with Gasteiger partial charge in [-0.1, -0.05) is 0 Å². The van der Waals surface area contributed by atoms with Crippen molar-refractivity contribution in [3.63, 3.8) is 0 Å². The molecule has 1 aromatic carbocycles. The number of carbonyl (C=O) groups excluding carboxylic acids is 1. The molecule has 1 aromatic rings. The zero-order valence-electron chi connectivity index (χ0n) is 10.8. The quantitative estimate of drug-likeness (QED) is 0.829. The summed E-state index contributed by atoms with van der Waals surface area (Å²) in [7, 11) is 1.59. The Kier molecular flexibility index (Phi) is 2.42. The molecule has 2 heterocycles. The molecule has 2 aliphatic heterocycles. The lowest BCUT2D eigenvalue weighted by atomic mass is 9.75. The maximum absolute atomic E-state index is 12.0. The molecule has 1 amide bonds. The first-order valence-corrected chi connectivity index (χ1v) is 6.15. The summed E-state index contributed by atoms with van der Waals surface area (Å²) in [5.74, 6) is 0.313. The van der Waals surface area contributed by atoms with Crippen molar-refractivity contribution in [2.24, 2.45) is 5.92 Å². The first kappa shape index (κ1) is 11.8. The van der Waals surface area contributed by atoms with E-state index in [2.05, 4.69) is 11.4 Å². The Morgan fingerprint density at radius 3 is 3.05 bits per heavy atom. The molecule has 0 radical (unpaired) electrons. The summed E-state index contributed by atoms with van der Waals surface area (Å²) in [6, 6.07) is 7.58. The van der Waals surface area contributed by atoms with Gasteiger partial charge >= 0.3 is 0 Å². The van der Waals surface area contributed by atoms with E-state index in [4.69, 9.17) is 9.47 Å². The van der Waals surface area contributed by atoms with Gasteiger partial charge < -0.3 is 14.8 Å². The van der Waals surface area contributed by atoms with E-state index >= 15 is 0 Å². The molecule has 3 atom stereocenters. The summed E-state index contributed by atoms with van der Waals surface area (Å²) < 4.78 is 11.1. The third kappa shape index (κ3) is 1.72. The fourth-order valence-electron chi connectivity index (χ4n) is 2.89. The number of fused-ring (bicyclic) bond motifs is 4. The van der Waals surface area contributed by atoms with Crippen LogP contribution in [0.4, 0.5) is 0 Å². The lowest BCUT2D eigenvalue weighted by molar-refractivity contribution is -0.136. The number of nitrogens with zero attached hydrogens (tertiary/aromatic N) is 1. The number of rotatable bonds is 1. The molecule has 5 heteroatoms. The number of ether oxygens (including phenoxy) is 2.